The molecule has 1 aliphatic rings. The number of para-hydroxylation sites is 1. The average molecular weight is 374 g/mol. The second-order valence-corrected chi connectivity index (χ2v) is 7.51. The van der Waals surface area contributed by atoms with Crippen LogP contribution in [0.3, 0.4) is 0 Å². The number of rotatable bonds is 3. The third kappa shape index (κ3) is 2.93. The lowest BCUT2D eigenvalue weighted by Gasteiger charge is -2.33. The van der Waals surface area contributed by atoms with Gasteiger partial charge in [0.15, 0.2) is 5.65 Å². The largest absolute Gasteiger partial charge is 0.356 e. The zero-order valence-corrected chi connectivity index (χ0v) is 15.8. The van der Waals surface area contributed by atoms with Crippen LogP contribution in [0.15, 0.2) is 53.7 Å². The van der Waals surface area contributed by atoms with Gasteiger partial charge < -0.3 is 4.90 Å². The molecular weight excluding hydrogens is 352 g/mol. The lowest BCUT2D eigenvalue weighted by Crippen LogP contribution is -2.37. The average Bonchev–Trinajstić information content (AvgIpc) is 3.19. The highest BCUT2D eigenvalue weighted by atomic mass is 16.1. The minimum Gasteiger partial charge on any atom is -0.356 e. The Morgan fingerprint density at radius 3 is 2.82 bits per heavy atom. The molecule has 5 rings (SSSR count). The number of anilines is 1. The lowest BCUT2D eigenvalue weighted by molar-refractivity contribution is 0.350. The summed E-state index contributed by atoms with van der Waals surface area (Å²) in [5.41, 5.74) is 2.69. The normalized spacial score (nSPS) is 15.5. The molecule has 4 heterocycles. The van der Waals surface area contributed by atoms with Crippen LogP contribution in [0.2, 0.25) is 0 Å². The first-order valence-electron chi connectivity index (χ1n) is 9.69. The van der Waals surface area contributed by atoms with Gasteiger partial charge >= 0.3 is 0 Å². The highest BCUT2D eigenvalue weighted by Gasteiger charge is 2.22. The fourth-order valence-electron chi connectivity index (χ4n) is 4.10. The first-order chi connectivity index (χ1) is 13.7. The van der Waals surface area contributed by atoms with Crippen molar-refractivity contribution in [3.8, 4) is 0 Å². The number of aromatic nitrogens is 5. The number of hydrogen-bond donors (Lipinski definition) is 0. The van der Waals surface area contributed by atoms with Crippen molar-refractivity contribution in [1.82, 2.24) is 24.1 Å². The molecule has 0 spiro atoms. The van der Waals surface area contributed by atoms with Crippen molar-refractivity contribution in [2.45, 2.75) is 26.3 Å². The van der Waals surface area contributed by atoms with E-state index >= 15 is 0 Å². The summed E-state index contributed by atoms with van der Waals surface area (Å²) in [5.74, 6) is 1.56. The van der Waals surface area contributed by atoms with Gasteiger partial charge in [0, 0.05) is 37.5 Å². The first-order valence-corrected chi connectivity index (χ1v) is 9.69. The van der Waals surface area contributed by atoms with Crippen LogP contribution >= 0.6 is 0 Å². The van der Waals surface area contributed by atoms with Crippen LogP contribution in [0.25, 0.3) is 16.6 Å². The Hall–Kier alpha value is -3.22. The van der Waals surface area contributed by atoms with Crippen LogP contribution in [0.1, 0.15) is 18.5 Å². The summed E-state index contributed by atoms with van der Waals surface area (Å²) in [6.45, 7) is 4.62. The van der Waals surface area contributed by atoms with Gasteiger partial charge in [0.1, 0.15) is 5.82 Å². The number of hydrogen-bond acceptors (Lipinski definition) is 5. The number of nitrogens with zero attached hydrogens (tertiary/aromatic N) is 6. The third-order valence-corrected chi connectivity index (χ3v) is 5.59. The van der Waals surface area contributed by atoms with E-state index < -0.39 is 0 Å². The maximum Gasteiger partial charge on any atom is 0.261 e. The minimum atomic E-state index is 0.0519. The SMILES string of the molecule is Cc1cc(N2CCC(Cn3cnc4ccccc4c3=O)CC2)n2nccc2n1. The summed E-state index contributed by atoms with van der Waals surface area (Å²) in [6.07, 6.45) is 5.54. The van der Waals surface area contributed by atoms with Gasteiger partial charge in [-0.25, -0.2) is 9.97 Å². The van der Waals surface area contributed by atoms with Crippen molar-refractivity contribution in [3.05, 3.63) is 65.0 Å². The standard InChI is InChI=1S/C21H22N6O/c1-15-12-20(27-19(24-15)6-9-23-27)25-10-7-16(8-11-25)13-26-14-22-18-5-3-2-4-17(18)21(26)28/h2-6,9,12,14,16H,7-8,10-11,13H2,1H3. The van der Waals surface area contributed by atoms with Crippen molar-refractivity contribution in [2.24, 2.45) is 5.92 Å². The predicted molar refractivity (Wildman–Crippen MR) is 109 cm³/mol. The van der Waals surface area contributed by atoms with Gasteiger partial charge in [-0.05, 0) is 37.8 Å². The smallest absolute Gasteiger partial charge is 0.261 e. The first kappa shape index (κ1) is 16.9. The molecule has 0 radical (unpaired) electrons. The Morgan fingerprint density at radius 2 is 1.96 bits per heavy atom. The van der Waals surface area contributed by atoms with Gasteiger partial charge in [-0.15, -0.1) is 0 Å². The number of aryl methyl sites for hydroxylation is 1. The molecule has 7 nitrogen and oxygen atoms in total. The van der Waals surface area contributed by atoms with Crippen LogP contribution in [-0.2, 0) is 6.54 Å². The van der Waals surface area contributed by atoms with E-state index in [1.807, 2.05) is 41.8 Å². The molecule has 0 saturated carbocycles. The Bertz CT molecular complexity index is 1200. The Labute approximate surface area is 162 Å². The van der Waals surface area contributed by atoms with E-state index in [1.165, 1.54) is 0 Å². The molecule has 28 heavy (non-hydrogen) atoms. The van der Waals surface area contributed by atoms with Crippen LogP contribution in [0.4, 0.5) is 5.82 Å². The quantitative estimate of drug-likeness (QED) is 0.551. The van der Waals surface area contributed by atoms with Crippen LogP contribution < -0.4 is 10.5 Å². The molecule has 0 atom stereocenters. The van der Waals surface area contributed by atoms with Crippen molar-refractivity contribution in [1.29, 1.82) is 0 Å². The second-order valence-electron chi connectivity index (χ2n) is 7.51. The topological polar surface area (TPSA) is 68.3 Å². The van der Waals surface area contributed by atoms with Gasteiger partial charge in [0.2, 0.25) is 0 Å². The summed E-state index contributed by atoms with van der Waals surface area (Å²) < 4.78 is 3.68. The monoisotopic (exact) mass is 374 g/mol. The Balaban J connectivity index is 1.33. The minimum absolute atomic E-state index is 0.0519. The van der Waals surface area contributed by atoms with Crippen LogP contribution in [0, 0.1) is 12.8 Å². The summed E-state index contributed by atoms with van der Waals surface area (Å²) in [4.78, 5) is 24.1. The molecule has 1 saturated heterocycles. The summed E-state index contributed by atoms with van der Waals surface area (Å²) in [7, 11) is 0. The Morgan fingerprint density at radius 1 is 1.14 bits per heavy atom. The molecule has 1 aliphatic heterocycles. The second kappa shape index (κ2) is 6.74. The van der Waals surface area contributed by atoms with Gasteiger partial charge in [-0.1, -0.05) is 12.1 Å². The van der Waals surface area contributed by atoms with Crippen LogP contribution in [0.5, 0.6) is 0 Å². The van der Waals surface area contributed by atoms with Crippen molar-refractivity contribution in [3.63, 3.8) is 0 Å². The van der Waals surface area contributed by atoms with Crippen molar-refractivity contribution in [2.75, 3.05) is 18.0 Å². The zero-order valence-electron chi connectivity index (χ0n) is 15.8. The van der Waals surface area contributed by atoms with E-state index in [1.54, 1.807) is 17.1 Å². The van der Waals surface area contributed by atoms with Crippen molar-refractivity contribution >= 4 is 22.4 Å². The molecular formula is C21H22N6O. The fraction of sp³-hybridized carbons (Fsp3) is 0.333. The van der Waals surface area contributed by atoms with E-state index in [4.69, 9.17) is 0 Å². The molecule has 7 heteroatoms. The summed E-state index contributed by atoms with van der Waals surface area (Å²) in [5, 5.41) is 5.11. The maximum absolute atomic E-state index is 12.7. The van der Waals surface area contributed by atoms with E-state index in [9.17, 15) is 4.79 Å². The molecule has 0 amide bonds. The van der Waals surface area contributed by atoms with Gasteiger partial charge in [-0.2, -0.15) is 9.61 Å². The molecule has 0 bridgehead atoms. The summed E-state index contributed by atoms with van der Waals surface area (Å²) >= 11 is 0. The van der Waals surface area contributed by atoms with E-state index in [0.717, 1.165) is 55.2 Å². The zero-order chi connectivity index (χ0) is 19.1. The molecule has 0 unspecified atom stereocenters. The third-order valence-electron chi connectivity index (χ3n) is 5.59. The van der Waals surface area contributed by atoms with E-state index in [-0.39, 0.29) is 5.56 Å². The summed E-state index contributed by atoms with van der Waals surface area (Å²) in [6, 6.07) is 11.6. The number of benzene rings is 1. The molecule has 3 aromatic heterocycles. The Kier molecular flexibility index (Phi) is 4.07. The molecule has 0 N–H and O–H groups in total. The lowest BCUT2D eigenvalue weighted by atomic mass is 9.96. The number of fused-ring (bicyclic) bond motifs is 2. The van der Waals surface area contributed by atoms with Gasteiger partial charge in [0.05, 0.1) is 23.4 Å². The maximum atomic E-state index is 12.7. The van der Waals surface area contributed by atoms with E-state index in [2.05, 4.69) is 26.0 Å². The molecule has 0 aliphatic carbocycles. The highest BCUT2D eigenvalue weighted by molar-refractivity contribution is 5.76. The molecule has 1 aromatic carbocycles. The van der Waals surface area contributed by atoms with Gasteiger partial charge in [-0.3, -0.25) is 9.36 Å². The highest BCUT2D eigenvalue weighted by Crippen LogP contribution is 2.25. The molecule has 1 fully saturated rings. The van der Waals surface area contributed by atoms with Gasteiger partial charge in [0.25, 0.3) is 5.56 Å². The fourth-order valence-corrected chi connectivity index (χ4v) is 4.10. The molecule has 142 valence electrons. The molecule has 4 aromatic rings. The van der Waals surface area contributed by atoms with E-state index in [0.29, 0.717) is 11.3 Å². The van der Waals surface area contributed by atoms with Crippen LogP contribution in [-0.4, -0.2) is 37.2 Å². The number of piperidine rings is 1. The van der Waals surface area contributed by atoms with Crippen molar-refractivity contribution < 1.29 is 0 Å². The predicted octanol–water partition coefficient (Wildman–Crippen LogP) is 2.66.